The van der Waals surface area contributed by atoms with Crippen molar-refractivity contribution in [3.63, 3.8) is 0 Å². The van der Waals surface area contributed by atoms with E-state index in [-0.39, 0.29) is 39.2 Å². The summed E-state index contributed by atoms with van der Waals surface area (Å²) in [5.74, 6) is -7.04. The molecule has 0 spiro atoms. The van der Waals surface area contributed by atoms with Crippen molar-refractivity contribution < 1.29 is 36.2 Å². The molecule has 0 rings (SSSR count). The number of carbonyl (C=O) groups is 3. The fourth-order valence-corrected chi connectivity index (χ4v) is 0.684. The molecule has 3 N–H and O–H groups in total. The van der Waals surface area contributed by atoms with Crippen LogP contribution in [0.2, 0.25) is 0 Å². The molecule has 0 aliphatic heterocycles. The van der Waals surface area contributed by atoms with Crippen molar-refractivity contribution in [2.75, 3.05) is 0 Å². The Morgan fingerprint density at radius 3 is 1.79 bits per heavy atom. The van der Waals surface area contributed by atoms with E-state index in [0.717, 1.165) is 0 Å². The van der Waals surface area contributed by atoms with E-state index in [1.54, 1.807) is 0 Å². The molecule has 76 valence electrons. The molecule has 0 aliphatic carbocycles. The van der Waals surface area contributed by atoms with Gasteiger partial charge in [0.05, 0.1) is 12.3 Å². The first kappa shape index (κ1) is 16.1. The fourth-order valence-electron chi connectivity index (χ4n) is 0.684. The Hall–Kier alpha value is -0.370. The van der Waals surface area contributed by atoms with E-state index in [1.165, 1.54) is 0 Å². The van der Waals surface area contributed by atoms with Crippen molar-refractivity contribution in [2.45, 2.75) is 12.5 Å². The predicted molar refractivity (Wildman–Crippen MR) is 41.7 cm³/mol. The Bertz CT molecular complexity index is 244. The third-order valence-electron chi connectivity index (χ3n) is 1.32. The van der Waals surface area contributed by atoms with Crippen LogP contribution < -0.4 is 5.11 Å². The third-order valence-corrected chi connectivity index (χ3v) is 1.32. The average Bonchev–Trinajstić information content (AvgIpc) is 1.97. The average molecular weight is 232 g/mol. The largest absolute Gasteiger partial charge is 2.00 e. The fraction of sp³-hybridized carbons (Fsp3) is 0.500. The minimum absolute atomic E-state index is 0. The first-order valence-corrected chi connectivity index (χ1v) is 3.19. The second-order valence-electron chi connectivity index (χ2n) is 2.30. The van der Waals surface area contributed by atoms with Crippen molar-refractivity contribution in [2.24, 2.45) is 5.92 Å². The Kier molecular flexibility index (Phi) is 8.03. The number of carboxylic acids is 3. The molecule has 0 aromatic rings. The van der Waals surface area contributed by atoms with Crippen LogP contribution in [0.5, 0.6) is 0 Å². The maximum absolute atomic E-state index is 10.7. The molecule has 8 heteroatoms. The normalized spacial score (nSPS) is 13.5. The van der Waals surface area contributed by atoms with Gasteiger partial charge in [0.25, 0.3) is 5.97 Å². The van der Waals surface area contributed by atoms with Crippen molar-refractivity contribution >= 4 is 55.6 Å². The molecule has 0 fully saturated rings. The van der Waals surface area contributed by atoms with Gasteiger partial charge in [-0.3, -0.25) is 14.4 Å². The summed E-state index contributed by atoms with van der Waals surface area (Å²) in [6.07, 6.45) is -3.44. The van der Waals surface area contributed by atoms with E-state index in [4.69, 9.17) is 15.3 Å². The van der Waals surface area contributed by atoms with Gasteiger partial charge in [0.2, 0.25) is 0 Å². The summed E-state index contributed by atoms with van der Waals surface area (Å²) in [6, 6.07) is 0. The molecule has 0 saturated carbocycles. The van der Waals surface area contributed by atoms with Gasteiger partial charge in [0.15, 0.2) is 0 Å². The monoisotopic (exact) mass is 232 g/mol. The summed E-state index contributed by atoms with van der Waals surface area (Å²) in [5, 5.41) is 35.3. The summed E-state index contributed by atoms with van der Waals surface area (Å²) in [5.41, 5.74) is 0. The molecule has 0 bridgehead atoms. The molecule has 2 atom stereocenters. The summed E-state index contributed by atoms with van der Waals surface area (Å²) in [7, 11) is 0. The van der Waals surface area contributed by atoms with Gasteiger partial charge in [-0.05, 0) is 6.10 Å². The molecular formula is C6H8CaO7. The molecule has 14 heavy (non-hydrogen) atoms. The van der Waals surface area contributed by atoms with Crippen LogP contribution >= 0.6 is 0 Å². The minimum Gasteiger partial charge on any atom is -1.00 e. The van der Waals surface area contributed by atoms with E-state index >= 15 is 0 Å². The van der Waals surface area contributed by atoms with Crippen molar-refractivity contribution in [1.29, 1.82) is 0 Å². The Morgan fingerprint density at radius 2 is 1.57 bits per heavy atom. The molecule has 0 aromatic heterocycles. The van der Waals surface area contributed by atoms with Crippen LogP contribution in [0.15, 0.2) is 0 Å². The molecule has 0 unspecified atom stereocenters. The van der Waals surface area contributed by atoms with Gasteiger partial charge in [-0.15, -0.1) is 0 Å². The molecule has 0 amide bonds. The summed E-state index contributed by atoms with van der Waals surface area (Å²) in [6.45, 7) is 0. The van der Waals surface area contributed by atoms with Crippen LogP contribution in [-0.2, 0) is 14.4 Å². The van der Waals surface area contributed by atoms with Crippen LogP contribution in [0.4, 0.5) is 0 Å². The Labute approximate surface area is 110 Å². The van der Waals surface area contributed by atoms with E-state index in [9.17, 15) is 19.5 Å². The van der Waals surface area contributed by atoms with Crippen molar-refractivity contribution in [1.82, 2.24) is 0 Å². The zero-order valence-electron chi connectivity index (χ0n) is 8.04. The second-order valence-corrected chi connectivity index (χ2v) is 2.30. The molecule has 0 aromatic carbocycles. The van der Waals surface area contributed by atoms with Crippen LogP contribution in [-0.4, -0.2) is 77.1 Å². The third kappa shape index (κ3) is 5.38. The Morgan fingerprint density at radius 1 is 1.14 bits per heavy atom. The van der Waals surface area contributed by atoms with Crippen LogP contribution in [0.3, 0.4) is 0 Å². The van der Waals surface area contributed by atoms with Crippen molar-refractivity contribution in [3.05, 3.63) is 0 Å². The maximum Gasteiger partial charge on any atom is 2.00 e. The minimum atomic E-state index is -2.45. The summed E-state index contributed by atoms with van der Waals surface area (Å²) < 4.78 is 0. The molecular weight excluding hydrogens is 224 g/mol. The SMILES string of the molecule is O=C(O)C[C@H](C(=O)O)[C@@H]([O-])C(=O)O.[Ca+2].[H-]. The number of carboxylic acid groups (broad SMARTS) is 3. The first-order valence-electron chi connectivity index (χ1n) is 3.19. The molecule has 0 radical (unpaired) electrons. The number of aliphatic carboxylic acids is 3. The number of rotatable bonds is 5. The van der Waals surface area contributed by atoms with Crippen LogP contribution in [0.25, 0.3) is 0 Å². The van der Waals surface area contributed by atoms with Crippen LogP contribution in [0, 0.1) is 5.92 Å². The van der Waals surface area contributed by atoms with Gasteiger partial charge in [-0.25, -0.2) is 0 Å². The Balaban J connectivity index is -0.000000720. The summed E-state index contributed by atoms with van der Waals surface area (Å²) in [4.78, 5) is 30.4. The summed E-state index contributed by atoms with van der Waals surface area (Å²) >= 11 is 0. The van der Waals surface area contributed by atoms with Gasteiger partial charge in [0, 0.05) is 0 Å². The van der Waals surface area contributed by atoms with Gasteiger partial charge < -0.3 is 21.9 Å². The van der Waals surface area contributed by atoms with Crippen LogP contribution in [0.1, 0.15) is 7.85 Å². The van der Waals surface area contributed by atoms with E-state index in [2.05, 4.69) is 0 Å². The van der Waals surface area contributed by atoms with Gasteiger partial charge >= 0.3 is 49.7 Å². The molecule has 0 heterocycles. The first-order chi connectivity index (χ1) is 5.86. The molecule has 0 aliphatic rings. The maximum atomic E-state index is 10.7. The van der Waals surface area contributed by atoms with E-state index in [0.29, 0.717) is 0 Å². The quantitative estimate of drug-likeness (QED) is 0.454. The zero-order chi connectivity index (χ0) is 10.6. The molecule has 0 saturated heterocycles. The standard InChI is InChI=1S/C6H7O7.Ca.H/c7-3(8)1-2(5(10)11)4(9)6(12)13;;/h2,4H,1H2,(H,7,8)(H,10,11)(H,12,13);;/q-1;+2;-1/t2-,4+;;/m0../s1. The van der Waals surface area contributed by atoms with Gasteiger partial charge in [0.1, 0.15) is 0 Å². The van der Waals surface area contributed by atoms with Crippen molar-refractivity contribution in [3.8, 4) is 0 Å². The topological polar surface area (TPSA) is 135 Å². The number of hydrogen-bond acceptors (Lipinski definition) is 4. The van der Waals surface area contributed by atoms with Gasteiger partial charge in [-0.2, -0.15) is 0 Å². The predicted octanol–water partition coefficient (Wildman–Crippen LogP) is -2.29. The van der Waals surface area contributed by atoms with E-state index in [1.807, 2.05) is 0 Å². The second kappa shape index (κ2) is 6.99. The smallest absolute Gasteiger partial charge is 1.00 e. The molecule has 7 nitrogen and oxygen atoms in total. The zero-order valence-corrected chi connectivity index (χ0v) is 9.25. The van der Waals surface area contributed by atoms with E-state index < -0.39 is 36.4 Å². The number of hydrogen-bond donors (Lipinski definition) is 3. The van der Waals surface area contributed by atoms with Gasteiger partial charge in [-0.1, -0.05) is 0 Å².